The highest BCUT2D eigenvalue weighted by Crippen LogP contribution is 2.38. The minimum Gasteiger partial charge on any atom is -0.489 e. The minimum atomic E-state index is -1.82. The number of aromatic carboxylic acids is 1. The van der Waals surface area contributed by atoms with Crippen LogP contribution in [0.5, 0.6) is 5.75 Å². The predicted octanol–water partition coefficient (Wildman–Crippen LogP) is 7.81. The number of nitrogens with zero attached hydrogens (tertiary/aromatic N) is 3. The van der Waals surface area contributed by atoms with Crippen LogP contribution in [-0.2, 0) is 22.2 Å². The molecule has 2 heterocycles. The molecule has 7 rings (SSSR count). The van der Waals surface area contributed by atoms with E-state index < -0.39 is 23.1 Å². The minimum absolute atomic E-state index is 0.0870. The van der Waals surface area contributed by atoms with E-state index in [1.54, 1.807) is 30.3 Å². The number of benzene rings is 4. The highest BCUT2D eigenvalue weighted by Gasteiger charge is 2.26. The second-order valence-corrected chi connectivity index (χ2v) is 12.4. The predicted molar refractivity (Wildman–Crippen MR) is 174 cm³/mol. The van der Waals surface area contributed by atoms with Crippen LogP contribution < -0.4 is 10.2 Å². The van der Waals surface area contributed by atoms with Gasteiger partial charge in [0.05, 0.1) is 16.6 Å². The lowest BCUT2D eigenvalue weighted by atomic mass is 9.94. The number of para-hydroxylation sites is 1. The van der Waals surface area contributed by atoms with Gasteiger partial charge in [-0.05, 0) is 72.0 Å². The molecule has 1 atom stereocenters. The van der Waals surface area contributed by atoms with E-state index >= 15 is 4.39 Å². The number of carboxylic acid groups (broad SMARTS) is 1. The van der Waals surface area contributed by atoms with Crippen molar-refractivity contribution >= 4 is 45.7 Å². The molecule has 0 bridgehead atoms. The highest BCUT2D eigenvalue weighted by atomic mass is 35.5. The van der Waals surface area contributed by atoms with Crippen LogP contribution in [0.2, 0.25) is 5.02 Å². The fraction of sp³-hybridized carbons (Fsp3) is 0.206. The lowest BCUT2D eigenvalue weighted by molar-refractivity contribution is 0.0699. The van der Waals surface area contributed by atoms with Crippen molar-refractivity contribution in [2.75, 3.05) is 0 Å². The van der Waals surface area contributed by atoms with Gasteiger partial charge in [-0.1, -0.05) is 61.2 Å². The fourth-order valence-corrected chi connectivity index (χ4v) is 6.79. The van der Waals surface area contributed by atoms with Crippen LogP contribution in [0.15, 0.2) is 83.3 Å². The number of amidine groups is 1. The summed E-state index contributed by atoms with van der Waals surface area (Å²) in [6, 6.07) is 22.8. The molecule has 1 unspecified atom stereocenters. The number of hydrogen-bond donors (Lipinski definition) is 2. The topological polar surface area (TPSA) is 115 Å². The second kappa shape index (κ2) is 12.7. The number of rotatable bonds is 8. The molecule has 1 aromatic heterocycles. The number of imidazole rings is 1. The standard InChI is InChI=1S/C34H28ClFN4O5S/c35-23-12-9-20(10-13-23)26-15-11-21(32-38-45-46(43)39-32)17-22(26)19-44-25-14-16-27(29(36)18-25)33-37-31-28(34(41)42)7-4-8-30(31)40(33)24-5-2-1-3-6-24/h4,7-18,24H,1-3,5-6,19H2,(H,38,39)(H,41,42). The first-order chi connectivity index (χ1) is 22.4. The zero-order chi connectivity index (χ0) is 31.8. The van der Waals surface area contributed by atoms with E-state index in [0.29, 0.717) is 39.0 Å². The molecule has 1 aliphatic carbocycles. The molecule has 0 amide bonds. The van der Waals surface area contributed by atoms with Gasteiger partial charge in [0, 0.05) is 22.7 Å². The summed E-state index contributed by atoms with van der Waals surface area (Å²) in [5, 5.41) is 10.4. The fourth-order valence-electron chi connectivity index (χ4n) is 6.19. The summed E-state index contributed by atoms with van der Waals surface area (Å²) < 4.78 is 44.6. The maximum Gasteiger partial charge on any atom is 0.337 e. The van der Waals surface area contributed by atoms with Crippen molar-refractivity contribution < 1.29 is 27.5 Å². The molecule has 1 fully saturated rings. The van der Waals surface area contributed by atoms with E-state index in [0.717, 1.165) is 48.8 Å². The lowest BCUT2D eigenvalue weighted by Gasteiger charge is -2.25. The van der Waals surface area contributed by atoms with Crippen LogP contribution in [0, 0.1) is 5.82 Å². The molecule has 234 valence electrons. The highest BCUT2D eigenvalue weighted by molar-refractivity contribution is 7.79. The average molecular weight is 659 g/mol. The number of carbonyl (C=O) groups is 1. The molecule has 0 radical (unpaired) electrons. The van der Waals surface area contributed by atoms with Crippen LogP contribution in [0.1, 0.15) is 59.6 Å². The maximum atomic E-state index is 16.0. The molecule has 9 nitrogen and oxygen atoms in total. The van der Waals surface area contributed by atoms with E-state index in [4.69, 9.17) is 25.6 Å². The van der Waals surface area contributed by atoms with E-state index in [1.807, 2.05) is 41.0 Å². The maximum absolute atomic E-state index is 16.0. The Morgan fingerprint density at radius 2 is 1.78 bits per heavy atom. The molecule has 0 saturated heterocycles. The van der Waals surface area contributed by atoms with Crippen LogP contribution in [0.3, 0.4) is 0 Å². The van der Waals surface area contributed by atoms with Gasteiger partial charge in [0.15, 0.2) is 5.84 Å². The average Bonchev–Trinajstić information content (AvgIpc) is 3.68. The van der Waals surface area contributed by atoms with Gasteiger partial charge in [-0.3, -0.25) is 0 Å². The summed E-state index contributed by atoms with van der Waals surface area (Å²) in [4.78, 5) is 16.7. The Morgan fingerprint density at radius 3 is 2.50 bits per heavy atom. The monoisotopic (exact) mass is 658 g/mol. The molecular formula is C34H28ClFN4O5S. The molecular weight excluding hydrogens is 631 g/mol. The number of hydroxylamine groups is 1. The Kier molecular flexibility index (Phi) is 8.29. The summed E-state index contributed by atoms with van der Waals surface area (Å²) in [6.07, 6.45) is 5.06. The number of carboxylic acids is 1. The molecule has 2 N–H and O–H groups in total. The Balaban J connectivity index is 1.23. The molecule has 2 aliphatic rings. The zero-order valence-corrected chi connectivity index (χ0v) is 26.0. The van der Waals surface area contributed by atoms with Crippen molar-refractivity contribution in [1.82, 2.24) is 15.0 Å². The van der Waals surface area contributed by atoms with Gasteiger partial charge in [-0.15, -0.1) is 4.40 Å². The summed E-state index contributed by atoms with van der Waals surface area (Å²) in [5.74, 6) is -0.571. The van der Waals surface area contributed by atoms with Crippen molar-refractivity contribution in [1.29, 1.82) is 0 Å². The van der Waals surface area contributed by atoms with E-state index in [2.05, 4.69) is 9.88 Å². The number of fused-ring (bicyclic) bond motifs is 1. The van der Waals surface area contributed by atoms with Crippen LogP contribution in [-0.4, -0.2) is 30.7 Å². The molecule has 4 aromatic carbocycles. The van der Waals surface area contributed by atoms with E-state index in [1.165, 1.54) is 12.1 Å². The Morgan fingerprint density at radius 1 is 1.02 bits per heavy atom. The Bertz CT molecular complexity index is 2020. The zero-order valence-electron chi connectivity index (χ0n) is 24.4. The molecule has 12 heteroatoms. The van der Waals surface area contributed by atoms with Gasteiger partial charge in [0.25, 0.3) is 0 Å². The van der Waals surface area contributed by atoms with Gasteiger partial charge in [-0.25, -0.2) is 23.9 Å². The van der Waals surface area contributed by atoms with Crippen molar-refractivity contribution in [3.05, 3.63) is 106 Å². The first-order valence-corrected chi connectivity index (χ1v) is 16.3. The van der Waals surface area contributed by atoms with Crippen LogP contribution in [0.25, 0.3) is 33.5 Å². The van der Waals surface area contributed by atoms with Gasteiger partial charge >= 0.3 is 17.2 Å². The third kappa shape index (κ3) is 5.89. The summed E-state index contributed by atoms with van der Waals surface area (Å²) in [6.45, 7) is 0.0877. The third-order valence-electron chi connectivity index (χ3n) is 8.38. The summed E-state index contributed by atoms with van der Waals surface area (Å²) in [7, 11) is 0. The number of nitrogens with one attached hydrogen (secondary N) is 1. The van der Waals surface area contributed by atoms with Crippen LogP contribution in [0.4, 0.5) is 4.39 Å². The molecule has 5 aromatic rings. The van der Waals surface area contributed by atoms with Crippen molar-refractivity contribution in [2.45, 2.75) is 44.8 Å². The first-order valence-electron chi connectivity index (χ1n) is 14.9. The Hall–Kier alpha value is -4.58. The van der Waals surface area contributed by atoms with Gasteiger partial charge < -0.3 is 14.4 Å². The number of aromatic nitrogens is 2. The molecule has 1 saturated carbocycles. The molecule has 46 heavy (non-hydrogen) atoms. The quantitative estimate of drug-likeness (QED) is 0.175. The van der Waals surface area contributed by atoms with E-state index in [9.17, 15) is 14.1 Å². The smallest absolute Gasteiger partial charge is 0.337 e. The van der Waals surface area contributed by atoms with Gasteiger partial charge in [-0.2, -0.15) is 4.28 Å². The van der Waals surface area contributed by atoms with Gasteiger partial charge in [0.2, 0.25) is 0 Å². The number of hydrogen-bond acceptors (Lipinski definition) is 6. The summed E-state index contributed by atoms with van der Waals surface area (Å²) >= 11 is 4.30. The van der Waals surface area contributed by atoms with Crippen LogP contribution >= 0.6 is 11.6 Å². The molecule has 0 spiro atoms. The normalized spacial score (nSPS) is 16.7. The first kappa shape index (κ1) is 30.1. The van der Waals surface area contributed by atoms with E-state index in [-0.39, 0.29) is 23.8 Å². The van der Waals surface area contributed by atoms with Gasteiger partial charge in [0.1, 0.15) is 29.5 Å². The largest absolute Gasteiger partial charge is 0.489 e. The number of halogens is 2. The summed E-state index contributed by atoms with van der Waals surface area (Å²) in [5.41, 5.74) is 7.15. The Labute approximate surface area is 271 Å². The van der Waals surface area contributed by atoms with Crippen molar-refractivity contribution in [3.63, 3.8) is 0 Å². The van der Waals surface area contributed by atoms with Crippen molar-refractivity contribution in [3.8, 4) is 28.3 Å². The van der Waals surface area contributed by atoms with Crippen molar-refractivity contribution in [2.24, 2.45) is 4.40 Å². The second-order valence-electron chi connectivity index (χ2n) is 11.2. The SMILES string of the molecule is O=C(O)c1cccc2c1nc(-c1ccc(OCc3cc(C4=NS(=O)ON4)ccc3-c3ccc(Cl)cc3)cc1F)n2C1CCCCC1. The molecule has 1 aliphatic heterocycles. The lowest BCUT2D eigenvalue weighted by Crippen LogP contribution is -2.18. The third-order valence-corrected chi connectivity index (χ3v) is 9.19. The number of ether oxygens (including phenoxy) is 1.